The molecule has 1 fully saturated rings. The quantitative estimate of drug-likeness (QED) is 0.622. The van der Waals surface area contributed by atoms with Crippen LogP contribution in [0, 0.1) is 0 Å². The number of nitrogens with one attached hydrogen (secondary N) is 1. The van der Waals surface area contributed by atoms with Crippen molar-refractivity contribution < 1.29 is 9.53 Å². The first kappa shape index (κ1) is 21.4. The number of benzene rings is 1. The van der Waals surface area contributed by atoms with Crippen LogP contribution in [-0.2, 0) is 25.4 Å². The summed E-state index contributed by atoms with van der Waals surface area (Å²) in [4.78, 5) is 45.3. The van der Waals surface area contributed by atoms with Crippen LogP contribution in [0.4, 0.5) is 0 Å². The highest BCUT2D eigenvalue weighted by Crippen LogP contribution is 2.44. The van der Waals surface area contributed by atoms with Gasteiger partial charge in [-0.1, -0.05) is 18.2 Å². The van der Waals surface area contributed by atoms with Crippen molar-refractivity contribution in [1.82, 2.24) is 28.9 Å². The van der Waals surface area contributed by atoms with E-state index in [0.717, 1.165) is 41.8 Å². The second kappa shape index (κ2) is 7.87. The van der Waals surface area contributed by atoms with Gasteiger partial charge in [0.15, 0.2) is 11.2 Å². The van der Waals surface area contributed by atoms with Gasteiger partial charge in [0, 0.05) is 39.2 Å². The normalized spacial score (nSPS) is 19.9. The fraction of sp³-hybridized carbons (Fsp3) is 0.478. The van der Waals surface area contributed by atoms with Crippen LogP contribution >= 0.6 is 0 Å². The van der Waals surface area contributed by atoms with Crippen LogP contribution in [0.2, 0.25) is 0 Å². The number of aromatic nitrogens is 4. The molecule has 2 aliphatic rings. The molecule has 10 heteroatoms. The summed E-state index contributed by atoms with van der Waals surface area (Å²) in [5.41, 5.74) is 0.0679. The molecule has 2 aromatic heterocycles. The number of carbonyl (C=O) groups is 1. The lowest BCUT2D eigenvalue weighted by molar-refractivity contribution is -0.123. The van der Waals surface area contributed by atoms with Crippen LogP contribution in [0.5, 0.6) is 5.75 Å². The first-order valence-electron chi connectivity index (χ1n) is 11.1. The van der Waals surface area contributed by atoms with Crippen molar-refractivity contribution in [2.45, 2.75) is 37.5 Å². The van der Waals surface area contributed by atoms with Gasteiger partial charge in [0.25, 0.3) is 5.56 Å². The third-order valence-corrected chi connectivity index (χ3v) is 6.93. The van der Waals surface area contributed by atoms with E-state index in [1.165, 1.54) is 10.9 Å². The maximum absolute atomic E-state index is 13.1. The van der Waals surface area contributed by atoms with Crippen molar-refractivity contribution in [3.05, 3.63) is 57.0 Å². The minimum Gasteiger partial charge on any atom is -0.487 e. The zero-order chi connectivity index (χ0) is 23.3. The number of amides is 1. The Kier molecular flexibility index (Phi) is 5.12. The molecule has 5 rings (SSSR count). The van der Waals surface area contributed by atoms with Crippen LogP contribution in [-0.4, -0.2) is 55.2 Å². The molecule has 0 radical (unpaired) electrons. The molecule has 3 aromatic rings. The minimum absolute atomic E-state index is 0.258. The largest absolute Gasteiger partial charge is 0.487 e. The summed E-state index contributed by atoms with van der Waals surface area (Å²) in [6.45, 7) is 1.50. The van der Waals surface area contributed by atoms with E-state index >= 15 is 0 Å². The number of rotatable bonds is 3. The van der Waals surface area contributed by atoms with Crippen LogP contribution < -0.4 is 21.3 Å². The molecule has 1 atom stereocenters. The molecule has 1 aromatic carbocycles. The van der Waals surface area contributed by atoms with E-state index in [1.54, 1.807) is 18.7 Å². The summed E-state index contributed by atoms with van der Waals surface area (Å²) in [6, 6.07) is 7.48. The summed E-state index contributed by atoms with van der Waals surface area (Å²) >= 11 is 0. The Bertz CT molecular complexity index is 1350. The van der Waals surface area contributed by atoms with Crippen LogP contribution in [0.3, 0.4) is 0 Å². The molecule has 1 N–H and O–H groups in total. The Hall–Kier alpha value is -3.40. The van der Waals surface area contributed by atoms with Gasteiger partial charge in [-0.3, -0.25) is 14.2 Å². The summed E-state index contributed by atoms with van der Waals surface area (Å²) < 4.78 is 10.3. The van der Waals surface area contributed by atoms with Gasteiger partial charge in [0.2, 0.25) is 5.91 Å². The fourth-order valence-electron chi connectivity index (χ4n) is 5.00. The molecular weight excluding hydrogens is 424 g/mol. The standard InChI is InChI=1S/C23H28N6O4/c1-26-10-8-23(9-11-26)12-16(15-6-4-5-7-17(15)33-23)25-18(30)13-29-21(31)19-20(24-14-27(19)2)28(3)22(29)32/h4-7,14,16H,8-13H2,1-3H3,(H,25,30)/t16-/m1/s1. The molecule has 0 bridgehead atoms. The Morgan fingerprint density at radius 3 is 2.67 bits per heavy atom. The zero-order valence-electron chi connectivity index (χ0n) is 19.1. The first-order valence-corrected chi connectivity index (χ1v) is 11.1. The molecule has 33 heavy (non-hydrogen) atoms. The maximum atomic E-state index is 13.1. The number of aryl methyl sites for hydroxylation is 2. The summed E-state index contributed by atoms with van der Waals surface area (Å²) in [5.74, 6) is 0.392. The Morgan fingerprint density at radius 2 is 1.91 bits per heavy atom. The number of imidazole rings is 1. The molecule has 0 unspecified atom stereocenters. The Labute approximate surface area is 190 Å². The Morgan fingerprint density at radius 1 is 1.18 bits per heavy atom. The number of hydrogen-bond acceptors (Lipinski definition) is 6. The van der Waals surface area contributed by atoms with Crippen molar-refractivity contribution in [2.75, 3.05) is 20.1 Å². The predicted molar refractivity (Wildman–Crippen MR) is 122 cm³/mol. The lowest BCUT2D eigenvalue weighted by Gasteiger charge is -2.46. The highest BCUT2D eigenvalue weighted by molar-refractivity contribution is 5.77. The van der Waals surface area contributed by atoms with Gasteiger partial charge < -0.3 is 19.5 Å². The van der Waals surface area contributed by atoms with E-state index in [2.05, 4.69) is 22.2 Å². The van der Waals surface area contributed by atoms with Crippen LogP contribution in [0.1, 0.15) is 30.9 Å². The monoisotopic (exact) mass is 452 g/mol. The molecule has 1 saturated heterocycles. The predicted octanol–water partition coefficient (Wildman–Crippen LogP) is 0.538. The van der Waals surface area contributed by atoms with Crippen molar-refractivity contribution in [3.8, 4) is 5.75 Å². The summed E-state index contributed by atoms with van der Waals surface area (Å²) in [5, 5.41) is 3.07. The van der Waals surface area contributed by atoms with Crippen molar-refractivity contribution >= 4 is 17.1 Å². The third kappa shape index (κ3) is 3.64. The van der Waals surface area contributed by atoms with Crippen LogP contribution in [0.25, 0.3) is 11.2 Å². The van der Waals surface area contributed by atoms with Gasteiger partial charge in [-0.2, -0.15) is 0 Å². The number of nitrogens with zero attached hydrogens (tertiary/aromatic N) is 5. The van der Waals surface area contributed by atoms with Gasteiger partial charge in [-0.15, -0.1) is 0 Å². The maximum Gasteiger partial charge on any atom is 0.332 e. The number of para-hydroxylation sites is 1. The molecule has 1 amide bonds. The smallest absolute Gasteiger partial charge is 0.332 e. The third-order valence-electron chi connectivity index (χ3n) is 6.93. The van der Waals surface area contributed by atoms with Crippen molar-refractivity contribution in [1.29, 1.82) is 0 Å². The fourth-order valence-corrected chi connectivity index (χ4v) is 5.00. The summed E-state index contributed by atoms with van der Waals surface area (Å²) in [7, 11) is 5.33. The molecule has 10 nitrogen and oxygen atoms in total. The molecule has 2 aliphatic heterocycles. The van der Waals surface area contributed by atoms with Gasteiger partial charge in [-0.25, -0.2) is 14.3 Å². The highest BCUT2D eigenvalue weighted by atomic mass is 16.5. The van der Waals surface area contributed by atoms with Gasteiger partial charge in [0.1, 0.15) is 17.9 Å². The number of ether oxygens (including phenoxy) is 1. The van der Waals surface area contributed by atoms with Crippen molar-refractivity contribution in [2.24, 2.45) is 14.1 Å². The van der Waals surface area contributed by atoms with Crippen molar-refractivity contribution in [3.63, 3.8) is 0 Å². The minimum atomic E-state index is -0.569. The summed E-state index contributed by atoms with van der Waals surface area (Å²) in [6.07, 6.45) is 3.88. The number of carbonyl (C=O) groups excluding carboxylic acids is 1. The van der Waals surface area contributed by atoms with E-state index < -0.39 is 11.2 Å². The van der Waals surface area contributed by atoms with Gasteiger partial charge in [0.05, 0.1) is 12.4 Å². The SMILES string of the molecule is CN1CCC2(CC1)C[C@@H](NC(=O)Cn1c(=O)c3c(ncn3C)n(C)c1=O)c1ccccc1O2. The van der Waals surface area contributed by atoms with Gasteiger partial charge in [-0.05, 0) is 26.0 Å². The molecule has 0 aliphatic carbocycles. The average molecular weight is 453 g/mol. The highest BCUT2D eigenvalue weighted by Gasteiger charge is 2.43. The molecule has 0 saturated carbocycles. The topological polar surface area (TPSA) is 103 Å². The van der Waals surface area contributed by atoms with E-state index in [4.69, 9.17) is 4.74 Å². The number of piperidine rings is 1. The lowest BCUT2D eigenvalue weighted by atomic mass is 9.80. The number of fused-ring (bicyclic) bond motifs is 2. The average Bonchev–Trinajstić information content (AvgIpc) is 3.19. The molecule has 1 spiro atoms. The second-order valence-electron chi connectivity index (χ2n) is 9.21. The molecule has 4 heterocycles. The first-order chi connectivity index (χ1) is 15.8. The number of likely N-dealkylation sites (tertiary alicyclic amines) is 1. The van der Waals surface area contributed by atoms with E-state index in [9.17, 15) is 14.4 Å². The second-order valence-corrected chi connectivity index (χ2v) is 9.21. The number of hydrogen-bond donors (Lipinski definition) is 1. The van der Waals surface area contributed by atoms with E-state index in [1.807, 2.05) is 24.3 Å². The Balaban J connectivity index is 1.44. The van der Waals surface area contributed by atoms with E-state index in [0.29, 0.717) is 12.1 Å². The zero-order valence-corrected chi connectivity index (χ0v) is 19.1. The van der Waals surface area contributed by atoms with Gasteiger partial charge >= 0.3 is 5.69 Å². The molecule has 174 valence electrons. The molecular formula is C23H28N6O4. The van der Waals surface area contributed by atoms with E-state index in [-0.39, 0.29) is 29.6 Å². The van der Waals surface area contributed by atoms with Crippen LogP contribution in [0.15, 0.2) is 40.2 Å². The lowest BCUT2D eigenvalue weighted by Crippen LogP contribution is -2.52.